The fourth-order valence-corrected chi connectivity index (χ4v) is 1.60. The monoisotopic (exact) mass is 329 g/mol. The van der Waals surface area contributed by atoms with Crippen molar-refractivity contribution >= 4 is 5.91 Å². The zero-order chi connectivity index (χ0) is 16.7. The van der Waals surface area contributed by atoms with E-state index in [9.17, 15) is 18.0 Å². The van der Waals surface area contributed by atoms with Crippen molar-refractivity contribution < 1.29 is 27.2 Å². The zero-order valence-electron chi connectivity index (χ0n) is 12.0. The molecule has 1 aromatic heterocycles. The van der Waals surface area contributed by atoms with Crippen LogP contribution in [0.25, 0.3) is 0 Å². The number of aromatic nitrogens is 2. The molecule has 0 saturated carbocycles. The predicted octanol–water partition coefficient (Wildman–Crippen LogP) is 2.61. The number of alkyl halides is 3. The lowest BCUT2D eigenvalue weighted by atomic mass is 10.3. The van der Waals surface area contributed by atoms with Gasteiger partial charge in [0.2, 0.25) is 5.91 Å². The van der Waals surface area contributed by atoms with E-state index in [2.05, 4.69) is 15.5 Å². The second kappa shape index (κ2) is 7.61. The molecule has 2 rings (SSSR count). The van der Waals surface area contributed by atoms with Gasteiger partial charge >= 0.3 is 6.18 Å². The Labute approximate surface area is 129 Å². The number of ether oxygens (including phenoxy) is 1. The molecular formula is C14H14F3N3O3. The van der Waals surface area contributed by atoms with Crippen molar-refractivity contribution in [3.05, 3.63) is 42.0 Å². The first-order valence-corrected chi connectivity index (χ1v) is 6.75. The SMILES string of the molecule is O=C(CCC(F)(F)F)NCc1noc(COc2ccccc2)n1. The van der Waals surface area contributed by atoms with Gasteiger partial charge in [-0.2, -0.15) is 18.2 Å². The molecule has 23 heavy (non-hydrogen) atoms. The van der Waals surface area contributed by atoms with Crippen LogP contribution in [-0.4, -0.2) is 22.2 Å². The normalized spacial score (nSPS) is 11.3. The standard InChI is InChI=1S/C14H14F3N3O3/c15-14(16,17)7-6-12(21)18-8-11-19-13(23-20-11)9-22-10-4-2-1-3-5-10/h1-5H,6-9H2,(H,18,21). The molecule has 6 nitrogen and oxygen atoms in total. The largest absolute Gasteiger partial charge is 0.484 e. The van der Waals surface area contributed by atoms with Gasteiger partial charge < -0.3 is 14.6 Å². The van der Waals surface area contributed by atoms with E-state index in [0.717, 1.165) is 0 Å². The number of rotatable bonds is 7. The summed E-state index contributed by atoms with van der Waals surface area (Å²) in [6, 6.07) is 8.99. The first-order valence-electron chi connectivity index (χ1n) is 6.75. The molecule has 0 bridgehead atoms. The van der Waals surface area contributed by atoms with Gasteiger partial charge in [0, 0.05) is 6.42 Å². The minimum absolute atomic E-state index is 0.0546. The number of halogens is 3. The molecule has 0 atom stereocenters. The van der Waals surface area contributed by atoms with E-state index in [-0.39, 0.29) is 24.9 Å². The lowest BCUT2D eigenvalue weighted by molar-refractivity contribution is -0.144. The van der Waals surface area contributed by atoms with Crippen molar-refractivity contribution in [3.8, 4) is 5.75 Å². The van der Waals surface area contributed by atoms with E-state index in [1.54, 1.807) is 12.1 Å². The minimum Gasteiger partial charge on any atom is -0.484 e. The van der Waals surface area contributed by atoms with Crippen LogP contribution in [0.4, 0.5) is 13.2 Å². The summed E-state index contributed by atoms with van der Waals surface area (Å²) in [5, 5.41) is 5.90. The fraction of sp³-hybridized carbons (Fsp3) is 0.357. The molecule has 1 heterocycles. The van der Waals surface area contributed by atoms with Crippen LogP contribution in [0.3, 0.4) is 0 Å². The Morgan fingerprint density at radius 1 is 1.26 bits per heavy atom. The van der Waals surface area contributed by atoms with E-state index in [1.807, 2.05) is 18.2 Å². The summed E-state index contributed by atoms with van der Waals surface area (Å²) in [4.78, 5) is 15.2. The molecule has 0 unspecified atom stereocenters. The molecule has 124 valence electrons. The number of nitrogens with one attached hydrogen (secondary N) is 1. The maximum atomic E-state index is 12.0. The summed E-state index contributed by atoms with van der Waals surface area (Å²) in [7, 11) is 0. The molecule has 2 aromatic rings. The zero-order valence-corrected chi connectivity index (χ0v) is 12.0. The fourth-order valence-electron chi connectivity index (χ4n) is 1.60. The van der Waals surface area contributed by atoms with Crippen molar-refractivity contribution in [2.45, 2.75) is 32.2 Å². The molecule has 0 aliphatic heterocycles. The van der Waals surface area contributed by atoms with Crippen LogP contribution in [0.2, 0.25) is 0 Å². The number of amides is 1. The predicted molar refractivity (Wildman–Crippen MR) is 72.2 cm³/mol. The molecule has 1 amide bonds. The highest BCUT2D eigenvalue weighted by Gasteiger charge is 2.27. The Hall–Kier alpha value is -2.58. The molecule has 0 fully saturated rings. The van der Waals surface area contributed by atoms with E-state index in [0.29, 0.717) is 5.75 Å². The lowest BCUT2D eigenvalue weighted by Gasteiger charge is -2.05. The highest BCUT2D eigenvalue weighted by molar-refractivity contribution is 5.75. The van der Waals surface area contributed by atoms with Crippen LogP contribution in [-0.2, 0) is 17.9 Å². The van der Waals surface area contributed by atoms with Crippen LogP contribution < -0.4 is 10.1 Å². The highest BCUT2D eigenvalue weighted by atomic mass is 19.4. The summed E-state index contributed by atoms with van der Waals surface area (Å²) in [6.07, 6.45) is -6.15. The summed E-state index contributed by atoms with van der Waals surface area (Å²) in [6.45, 7) is -0.0510. The smallest absolute Gasteiger partial charge is 0.389 e. The van der Waals surface area contributed by atoms with Gasteiger partial charge in [0.15, 0.2) is 12.4 Å². The Morgan fingerprint density at radius 3 is 2.70 bits per heavy atom. The van der Waals surface area contributed by atoms with Crippen molar-refractivity contribution in [3.63, 3.8) is 0 Å². The van der Waals surface area contributed by atoms with Crippen LogP contribution >= 0.6 is 0 Å². The lowest BCUT2D eigenvalue weighted by Crippen LogP contribution is -2.25. The number of benzene rings is 1. The molecule has 9 heteroatoms. The van der Waals surface area contributed by atoms with Crippen LogP contribution in [0.5, 0.6) is 5.75 Å². The third kappa shape index (κ3) is 6.37. The number of para-hydroxylation sites is 1. The highest BCUT2D eigenvalue weighted by Crippen LogP contribution is 2.21. The average molecular weight is 329 g/mol. The molecule has 0 spiro atoms. The Morgan fingerprint density at radius 2 is 2.00 bits per heavy atom. The molecule has 0 aliphatic rings. The Balaban J connectivity index is 1.73. The summed E-state index contributed by atoms with van der Waals surface area (Å²) >= 11 is 0. The van der Waals surface area contributed by atoms with E-state index >= 15 is 0 Å². The van der Waals surface area contributed by atoms with Crippen LogP contribution in [0.1, 0.15) is 24.6 Å². The van der Waals surface area contributed by atoms with Crippen molar-refractivity contribution in [2.75, 3.05) is 0 Å². The van der Waals surface area contributed by atoms with Gasteiger partial charge in [0.05, 0.1) is 13.0 Å². The molecule has 1 aromatic carbocycles. The maximum absolute atomic E-state index is 12.0. The van der Waals surface area contributed by atoms with Gasteiger partial charge in [0.25, 0.3) is 5.89 Å². The molecule has 0 saturated heterocycles. The van der Waals surface area contributed by atoms with E-state index in [4.69, 9.17) is 9.26 Å². The second-order valence-corrected chi connectivity index (χ2v) is 4.60. The van der Waals surface area contributed by atoms with Crippen molar-refractivity contribution in [1.29, 1.82) is 0 Å². The summed E-state index contributed by atoms with van der Waals surface area (Å²) < 4.78 is 46.2. The van der Waals surface area contributed by atoms with Gasteiger partial charge in [-0.15, -0.1) is 0 Å². The van der Waals surface area contributed by atoms with Crippen LogP contribution in [0.15, 0.2) is 34.9 Å². The first kappa shape index (κ1) is 16.8. The van der Waals surface area contributed by atoms with Gasteiger partial charge in [-0.1, -0.05) is 23.4 Å². The third-order valence-electron chi connectivity index (χ3n) is 2.69. The number of hydrogen-bond acceptors (Lipinski definition) is 5. The molecule has 1 N–H and O–H groups in total. The maximum Gasteiger partial charge on any atom is 0.389 e. The van der Waals surface area contributed by atoms with Crippen LogP contribution in [0, 0.1) is 0 Å². The summed E-state index contributed by atoms with van der Waals surface area (Å²) in [5.41, 5.74) is 0. The van der Waals surface area contributed by atoms with Crippen molar-refractivity contribution in [1.82, 2.24) is 15.5 Å². The molecule has 0 radical (unpaired) electrons. The van der Waals surface area contributed by atoms with Gasteiger partial charge in [-0.3, -0.25) is 4.79 Å². The van der Waals surface area contributed by atoms with Gasteiger partial charge in [-0.05, 0) is 12.1 Å². The number of hydrogen-bond donors (Lipinski definition) is 1. The van der Waals surface area contributed by atoms with E-state index in [1.165, 1.54) is 0 Å². The van der Waals surface area contributed by atoms with Gasteiger partial charge in [-0.25, -0.2) is 0 Å². The third-order valence-corrected chi connectivity index (χ3v) is 2.69. The average Bonchev–Trinajstić information content (AvgIpc) is 2.97. The number of carbonyl (C=O) groups is 1. The van der Waals surface area contributed by atoms with Gasteiger partial charge in [0.1, 0.15) is 5.75 Å². The summed E-state index contributed by atoms with van der Waals surface area (Å²) in [5.74, 6) is 0.271. The molecular weight excluding hydrogens is 315 g/mol. The topological polar surface area (TPSA) is 77.2 Å². The van der Waals surface area contributed by atoms with Crippen molar-refractivity contribution in [2.24, 2.45) is 0 Å². The quantitative estimate of drug-likeness (QED) is 0.845. The van der Waals surface area contributed by atoms with E-state index < -0.39 is 24.9 Å². The Bertz CT molecular complexity index is 629. The second-order valence-electron chi connectivity index (χ2n) is 4.60. The molecule has 0 aliphatic carbocycles. The Kier molecular flexibility index (Phi) is 5.56. The minimum atomic E-state index is -4.36. The first-order chi connectivity index (χ1) is 10.9. The number of carbonyl (C=O) groups excluding carboxylic acids is 1. The number of nitrogens with zero attached hydrogens (tertiary/aromatic N) is 2.